The molecule has 0 saturated heterocycles. The van der Waals surface area contributed by atoms with E-state index in [1.165, 1.54) is 32.4 Å². The van der Waals surface area contributed by atoms with E-state index in [2.05, 4.69) is 0 Å². The molecule has 0 bridgehead atoms. The highest BCUT2D eigenvalue weighted by Crippen LogP contribution is 2.29. The van der Waals surface area contributed by atoms with Gasteiger partial charge >= 0.3 is 0 Å². The Morgan fingerprint density at radius 1 is 1.12 bits per heavy atom. The van der Waals surface area contributed by atoms with Gasteiger partial charge in [0.05, 0.1) is 19.1 Å². The van der Waals surface area contributed by atoms with Crippen LogP contribution in [-0.4, -0.2) is 27.8 Å². The summed E-state index contributed by atoms with van der Waals surface area (Å²) in [6.07, 6.45) is 0. The van der Waals surface area contributed by atoms with Crippen molar-refractivity contribution in [2.75, 3.05) is 14.2 Å². The Balaban J connectivity index is 3.34. The van der Waals surface area contributed by atoms with E-state index < -0.39 is 15.0 Å². The highest BCUT2D eigenvalue weighted by atomic mass is 32.2. The number of carbonyl (C=O) groups is 1. The van der Waals surface area contributed by atoms with Crippen LogP contribution in [0.15, 0.2) is 23.1 Å². The van der Waals surface area contributed by atoms with E-state index in [4.69, 9.17) is 9.47 Å². The monoisotopic (exact) mass is 244 g/mol. The third-order valence-corrected chi connectivity index (χ3v) is 3.68. The molecule has 6 heteroatoms. The number of sulfone groups is 1. The topological polar surface area (TPSA) is 69.7 Å². The predicted molar refractivity (Wildman–Crippen MR) is 57.4 cm³/mol. The van der Waals surface area contributed by atoms with Crippen LogP contribution in [0.25, 0.3) is 0 Å². The quantitative estimate of drug-likeness (QED) is 0.794. The molecule has 0 unspecified atom stereocenters. The lowest BCUT2D eigenvalue weighted by atomic mass is 10.3. The maximum Gasteiger partial charge on any atom is 0.248 e. The standard InChI is InChI=1S/C10H12O5S/c1-7(11)16(12,13)8-4-5-9(14-2)10(6-8)15-3/h4-6H,1-3H3. The summed E-state index contributed by atoms with van der Waals surface area (Å²) < 4.78 is 33.0. The lowest BCUT2D eigenvalue weighted by Gasteiger charge is -2.08. The van der Waals surface area contributed by atoms with Crippen molar-refractivity contribution in [1.29, 1.82) is 0 Å². The van der Waals surface area contributed by atoms with E-state index in [1.54, 1.807) is 0 Å². The summed E-state index contributed by atoms with van der Waals surface area (Å²) >= 11 is 0. The summed E-state index contributed by atoms with van der Waals surface area (Å²) in [6.45, 7) is 1.01. The highest BCUT2D eigenvalue weighted by molar-refractivity contribution is 8.06. The van der Waals surface area contributed by atoms with Crippen molar-refractivity contribution in [3.63, 3.8) is 0 Å². The molecule has 0 saturated carbocycles. The summed E-state index contributed by atoms with van der Waals surface area (Å²) in [5.74, 6) is 0.676. The van der Waals surface area contributed by atoms with Crippen LogP contribution in [0.4, 0.5) is 0 Å². The van der Waals surface area contributed by atoms with E-state index in [9.17, 15) is 13.2 Å². The minimum Gasteiger partial charge on any atom is -0.493 e. The fourth-order valence-electron chi connectivity index (χ4n) is 1.15. The van der Waals surface area contributed by atoms with Gasteiger partial charge in [0.15, 0.2) is 11.5 Å². The van der Waals surface area contributed by atoms with Crippen LogP contribution >= 0.6 is 0 Å². The Morgan fingerprint density at radius 2 is 1.69 bits per heavy atom. The van der Waals surface area contributed by atoms with Gasteiger partial charge in [0.25, 0.3) is 0 Å². The van der Waals surface area contributed by atoms with E-state index in [-0.39, 0.29) is 10.6 Å². The molecule has 0 aromatic heterocycles. The van der Waals surface area contributed by atoms with Gasteiger partial charge in [-0.2, -0.15) is 0 Å². The first-order valence-electron chi connectivity index (χ1n) is 4.41. The number of hydrogen-bond acceptors (Lipinski definition) is 5. The molecule has 1 rings (SSSR count). The predicted octanol–water partition coefficient (Wildman–Crippen LogP) is 1.02. The number of hydrogen-bond donors (Lipinski definition) is 0. The summed E-state index contributed by atoms with van der Waals surface area (Å²) in [5, 5.41) is -0.903. The molecule has 0 aliphatic heterocycles. The van der Waals surface area contributed by atoms with Gasteiger partial charge in [0.2, 0.25) is 15.0 Å². The van der Waals surface area contributed by atoms with Crippen molar-refractivity contribution in [1.82, 2.24) is 0 Å². The molecular formula is C10H12O5S. The second kappa shape index (κ2) is 4.52. The molecule has 0 atom stereocenters. The van der Waals surface area contributed by atoms with Gasteiger partial charge in [-0.1, -0.05) is 0 Å². The first-order chi connectivity index (χ1) is 7.43. The van der Waals surface area contributed by atoms with Gasteiger partial charge in [-0.25, -0.2) is 8.42 Å². The zero-order valence-electron chi connectivity index (χ0n) is 9.18. The molecule has 0 aliphatic rings. The van der Waals surface area contributed by atoms with Crippen molar-refractivity contribution in [3.05, 3.63) is 18.2 Å². The number of methoxy groups -OCH3 is 2. The van der Waals surface area contributed by atoms with Crippen molar-refractivity contribution >= 4 is 15.0 Å². The van der Waals surface area contributed by atoms with Crippen molar-refractivity contribution in [2.45, 2.75) is 11.8 Å². The molecule has 1 aromatic rings. The number of benzene rings is 1. The third kappa shape index (κ3) is 2.16. The lowest BCUT2D eigenvalue weighted by Crippen LogP contribution is -2.11. The smallest absolute Gasteiger partial charge is 0.248 e. The van der Waals surface area contributed by atoms with Gasteiger partial charge in [0, 0.05) is 13.0 Å². The van der Waals surface area contributed by atoms with Gasteiger partial charge in [-0.15, -0.1) is 0 Å². The average Bonchev–Trinajstić information content (AvgIpc) is 2.27. The molecule has 0 aliphatic carbocycles. The molecule has 0 N–H and O–H groups in total. The van der Waals surface area contributed by atoms with Crippen molar-refractivity contribution in [3.8, 4) is 11.5 Å². The molecule has 0 heterocycles. The number of rotatable bonds is 3. The number of ether oxygens (including phenoxy) is 2. The largest absolute Gasteiger partial charge is 0.493 e. The van der Waals surface area contributed by atoms with Crippen LogP contribution in [0, 0.1) is 0 Å². The van der Waals surface area contributed by atoms with E-state index in [0.29, 0.717) is 5.75 Å². The second-order valence-electron chi connectivity index (χ2n) is 3.01. The van der Waals surface area contributed by atoms with Gasteiger partial charge in [0.1, 0.15) is 0 Å². The van der Waals surface area contributed by atoms with Crippen LogP contribution in [0.1, 0.15) is 6.92 Å². The minimum atomic E-state index is -3.91. The van der Waals surface area contributed by atoms with Crippen LogP contribution in [0.2, 0.25) is 0 Å². The molecular weight excluding hydrogens is 232 g/mol. The van der Waals surface area contributed by atoms with E-state index in [1.807, 2.05) is 0 Å². The molecule has 88 valence electrons. The Bertz CT molecular complexity index is 504. The van der Waals surface area contributed by atoms with Gasteiger partial charge in [-0.05, 0) is 12.1 Å². The van der Waals surface area contributed by atoms with Crippen molar-refractivity contribution < 1.29 is 22.7 Å². The van der Waals surface area contributed by atoms with E-state index in [0.717, 1.165) is 6.92 Å². The Labute approximate surface area is 93.9 Å². The van der Waals surface area contributed by atoms with Crippen LogP contribution < -0.4 is 9.47 Å². The molecule has 5 nitrogen and oxygen atoms in total. The lowest BCUT2D eigenvalue weighted by molar-refractivity contribution is -0.109. The highest BCUT2D eigenvalue weighted by Gasteiger charge is 2.21. The summed E-state index contributed by atoms with van der Waals surface area (Å²) in [7, 11) is -1.08. The summed E-state index contributed by atoms with van der Waals surface area (Å²) in [4.78, 5) is 10.9. The number of carbonyl (C=O) groups excluding carboxylic acids is 1. The molecule has 0 fully saturated rings. The fourth-order valence-corrected chi connectivity index (χ4v) is 1.99. The van der Waals surface area contributed by atoms with Crippen LogP contribution in [0.3, 0.4) is 0 Å². The third-order valence-electron chi connectivity index (χ3n) is 2.04. The molecule has 0 radical (unpaired) electrons. The Hall–Kier alpha value is -1.56. The maximum absolute atomic E-state index is 11.6. The van der Waals surface area contributed by atoms with Crippen LogP contribution in [-0.2, 0) is 14.6 Å². The maximum atomic E-state index is 11.6. The Morgan fingerprint density at radius 3 is 2.12 bits per heavy atom. The zero-order valence-corrected chi connectivity index (χ0v) is 10.00. The molecule has 1 aromatic carbocycles. The van der Waals surface area contributed by atoms with Gasteiger partial charge < -0.3 is 9.47 Å². The molecule has 0 spiro atoms. The van der Waals surface area contributed by atoms with Crippen molar-refractivity contribution in [2.24, 2.45) is 0 Å². The fraction of sp³-hybridized carbons (Fsp3) is 0.300. The summed E-state index contributed by atoms with van der Waals surface area (Å²) in [5.41, 5.74) is 0. The second-order valence-corrected chi connectivity index (χ2v) is 5.07. The molecule has 0 amide bonds. The SMILES string of the molecule is COc1ccc(S(=O)(=O)C(C)=O)cc1OC. The summed E-state index contributed by atoms with van der Waals surface area (Å²) in [6, 6.07) is 4.00. The Kier molecular flexibility index (Phi) is 3.54. The van der Waals surface area contributed by atoms with Crippen LogP contribution in [0.5, 0.6) is 11.5 Å². The average molecular weight is 244 g/mol. The first kappa shape index (κ1) is 12.5. The minimum absolute atomic E-state index is 0.0994. The first-order valence-corrected chi connectivity index (χ1v) is 5.89. The normalized spacial score (nSPS) is 10.9. The van der Waals surface area contributed by atoms with Gasteiger partial charge in [-0.3, -0.25) is 4.79 Å². The zero-order chi connectivity index (χ0) is 12.3. The van der Waals surface area contributed by atoms with E-state index >= 15 is 0 Å². The molecule has 16 heavy (non-hydrogen) atoms.